The van der Waals surface area contributed by atoms with Crippen LogP contribution in [0.1, 0.15) is 41.2 Å². The van der Waals surface area contributed by atoms with Crippen LogP contribution in [-0.4, -0.2) is 15.9 Å². The van der Waals surface area contributed by atoms with Crippen LogP contribution in [0.3, 0.4) is 0 Å². The average Bonchev–Trinajstić information content (AvgIpc) is 2.82. The summed E-state index contributed by atoms with van der Waals surface area (Å²) in [4.78, 5) is 21.7. The van der Waals surface area contributed by atoms with E-state index in [1.165, 1.54) is 4.88 Å². The molecule has 100 valence electrons. The van der Waals surface area contributed by atoms with E-state index >= 15 is 0 Å². The second kappa shape index (κ2) is 6.43. The number of aromatic nitrogens is 2. The Morgan fingerprint density at radius 1 is 1.42 bits per heavy atom. The zero-order valence-corrected chi connectivity index (χ0v) is 12.0. The van der Waals surface area contributed by atoms with Crippen LogP contribution in [0.5, 0.6) is 0 Å². The Bertz CT molecular complexity index is 551. The molecule has 2 rings (SSSR count). The highest BCUT2D eigenvalue weighted by Crippen LogP contribution is 2.25. The number of pyridine rings is 1. The standard InChI is InChI=1S/C14H17N3OS/c1-3-6-11-12(4-2)19-14(16-11)17-13(18)10-7-5-8-15-9-10/h5,7-9H,3-4,6H2,1-2H3,(H,16,17,18). The SMILES string of the molecule is CCCc1nc(NC(=O)c2cccnc2)sc1CC. The highest BCUT2D eigenvalue weighted by Gasteiger charge is 2.12. The number of hydrogen-bond acceptors (Lipinski definition) is 4. The Morgan fingerprint density at radius 3 is 2.89 bits per heavy atom. The summed E-state index contributed by atoms with van der Waals surface area (Å²) in [6.07, 6.45) is 6.18. The van der Waals surface area contributed by atoms with Crippen molar-refractivity contribution >= 4 is 22.4 Å². The molecule has 0 saturated carbocycles. The summed E-state index contributed by atoms with van der Waals surface area (Å²) in [7, 11) is 0. The van der Waals surface area contributed by atoms with Gasteiger partial charge in [0, 0.05) is 17.3 Å². The number of nitrogens with zero attached hydrogens (tertiary/aromatic N) is 2. The van der Waals surface area contributed by atoms with Gasteiger partial charge in [-0.3, -0.25) is 15.1 Å². The molecule has 19 heavy (non-hydrogen) atoms. The monoisotopic (exact) mass is 275 g/mol. The molecule has 0 fully saturated rings. The lowest BCUT2D eigenvalue weighted by Gasteiger charge is -2.00. The fourth-order valence-corrected chi connectivity index (χ4v) is 2.75. The van der Waals surface area contributed by atoms with E-state index in [2.05, 4.69) is 29.1 Å². The van der Waals surface area contributed by atoms with E-state index in [1.807, 2.05) is 0 Å². The summed E-state index contributed by atoms with van der Waals surface area (Å²) in [6.45, 7) is 4.24. The van der Waals surface area contributed by atoms with Crippen LogP contribution in [0.25, 0.3) is 0 Å². The van der Waals surface area contributed by atoms with Crippen LogP contribution >= 0.6 is 11.3 Å². The molecule has 0 bridgehead atoms. The molecule has 0 saturated heterocycles. The summed E-state index contributed by atoms with van der Waals surface area (Å²) >= 11 is 1.56. The van der Waals surface area contributed by atoms with Crippen LogP contribution in [0.2, 0.25) is 0 Å². The molecule has 0 atom stereocenters. The molecule has 0 unspecified atom stereocenters. The molecular formula is C14H17N3OS. The third-order valence-electron chi connectivity index (χ3n) is 2.73. The summed E-state index contributed by atoms with van der Waals surface area (Å²) in [6, 6.07) is 3.49. The van der Waals surface area contributed by atoms with Crippen molar-refractivity contribution in [1.82, 2.24) is 9.97 Å². The van der Waals surface area contributed by atoms with Crippen molar-refractivity contribution in [2.75, 3.05) is 5.32 Å². The molecular weight excluding hydrogens is 258 g/mol. The first-order chi connectivity index (χ1) is 9.24. The van der Waals surface area contributed by atoms with Crippen LogP contribution in [0.15, 0.2) is 24.5 Å². The minimum Gasteiger partial charge on any atom is -0.298 e. The Kier molecular flexibility index (Phi) is 4.63. The van der Waals surface area contributed by atoms with E-state index in [0.717, 1.165) is 25.0 Å². The zero-order chi connectivity index (χ0) is 13.7. The summed E-state index contributed by atoms with van der Waals surface area (Å²) in [5.41, 5.74) is 1.66. The summed E-state index contributed by atoms with van der Waals surface area (Å²) in [5.74, 6) is -0.160. The minimum absolute atomic E-state index is 0.160. The maximum absolute atomic E-state index is 12.0. The Hall–Kier alpha value is -1.75. The molecule has 2 aromatic rings. The number of rotatable bonds is 5. The number of thiazole rings is 1. The van der Waals surface area contributed by atoms with Crippen LogP contribution in [-0.2, 0) is 12.8 Å². The maximum Gasteiger partial charge on any atom is 0.259 e. The lowest BCUT2D eigenvalue weighted by Crippen LogP contribution is -2.11. The molecule has 0 aliphatic carbocycles. The van der Waals surface area contributed by atoms with E-state index < -0.39 is 0 Å². The van der Waals surface area contributed by atoms with Crippen molar-refractivity contribution in [2.45, 2.75) is 33.1 Å². The fraction of sp³-hybridized carbons (Fsp3) is 0.357. The lowest BCUT2D eigenvalue weighted by atomic mass is 10.2. The molecule has 1 amide bonds. The molecule has 4 nitrogen and oxygen atoms in total. The molecule has 2 heterocycles. The van der Waals surface area contributed by atoms with Gasteiger partial charge >= 0.3 is 0 Å². The van der Waals surface area contributed by atoms with Crippen molar-refractivity contribution in [2.24, 2.45) is 0 Å². The molecule has 0 aliphatic heterocycles. The lowest BCUT2D eigenvalue weighted by molar-refractivity contribution is 0.102. The number of hydrogen-bond donors (Lipinski definition) is 1. The Morgan fingerprint density at radius 2 is 2.26 bits per heavy atom. The van der Waals surface area contributed by atoms with Gasteiger partial charge < -0.3 is 0 Å². The number of amides is 1. The first-order valence-corrected chi connectivity index (χ1v) is 7.26. The Balaban J connectivity index is 2.13. The molecule has 5 heteroatoms. The van der Waals surface area contributed by atoms with Crippen molar-refractivity contribution in [3.05, 3.63) is 40.7 Å². The van der Waals surface area contributed by atoms with E-state index in [1.54, 1.807) is 35.9 Å². The van der Waals surface area contributed by atoms with E-state index in [-0.39, 0.29) is 5.91 Å². The van der Waals surface area contributed by atoms with E-state index in [4.69, 9.17) is 0 Å². The van der Waals surface area contributed by atoms with Gasteiger partial charge in [-0.1, -0.05) is 20.3 Å². The number of carbonyl (C=O) groups is 1. The molecule has 0 spiro atoms. The maximum atomic E-state index is 12.0. The number of aryl methyl sites for hydroxylation is 2. The van der Waals surface area contributed by atoms with Gasteiger partial charge in [0.25, 0.3) is 5.91 Å². The topological polar surface area (TPSA) is 54.9 Å². The van der Waals surface area contributed by atoms with Crippen LogP contribution in [0, 0.1) is 0 Å². The third-order valence-corrected chi connectivity index (χ3v) is 3.89. The normalized spacial score (nSPS) is 10.4. The Labute approximate surface area is 116 Å². The van der Waals surface area contributed by atoms with E-state index in [0.29, 0.717) is 10.7 Å². The molecule has 0 radical (unpaired) electrons. The second-order valence-corrected chi connectivity index (χ2v) is 5.27. The van der Waals surface area contributed by atoms with Gasteiger partial charge in [-0.15, -0.1) is 11.3 Å². The van der Waals surface area contributed by atoms with Gasteiger partial charge in [0.15, 0.2) is 5.13 Å². The smallest absolute Gasteiger partial charge is 0.259 e. The third kappa shape index (κ3) is 3.38. The van der Waals surface area contributed by atoms with Gasteiger partial charge in [-0.05, 0) is 25.0 Å². The first kappa shape index (κ1) is 13.7. The molecule has 0 aromatic carbocycles. The average molecular weight is 275 g/mol. The fourth-order valence-electron chi connectivity index (χ4n) is 1.81. The van der Waals surface area contributed by atoms with Crippen molar-refractivity contribution in [3.8, 4) is 0 Å². The molecule has 2 aromatic heterocycles. The molecule has 0 aliphatic rings. The van der Waals surface area contributed by atoms with Crippen LogP contribution in [0.4, 0.5) is 5.13 Å². The predicted molar refractivity (Wildman–Crippen MR) is 77.7 cm³/mol. The molecule has 1 N–H and O–H groups in total. The number of anilines is 1. The quantitative estimate of drug-likeness (QED) is 0.910. The predicted octanol–water partition coefficient (Wildman–Crippen LogP) is 3.31. The van der Waals surface area contributed by atoms with Crippen LogP contribution < -0.4 is 5.32 Å². The zero-order valence-electron chi connectivity index (χ0n) is 11.1. The van der Waals surface area contributed by atoms with E-state index in [9.17, 15) is 4.79 Å². The van der Waals surface area contributed by atoms with Crippen molar-refractivity contribution < 1.29 is 4.79 Å². The van der Waals surface area contributed by atoms with Gasteiger partial charge in [0.1, 0.15) is 0 Å². The summed E-state index contributed by atoms with van der Waals surface area (Å²) < 4.78 is 0. The summed E-state index contributed by atoms with van der Waals surface area (Å²) in [5, 5.41) is 3.52. The van der Waals surface area contributed by atoms with Gasteiger partial charge in [0.2, 0.25) is 0 Å². The minimum atomic E-state index is -0.160. The highest BCUT2D eigenvalue weighted by atomic mass is 32.1. The first-order valence-electron chi connectivity index (χ1n) is 6.44. The second-order valence-electron chi connectivity index (χ2n) is 4.19. The van der Waals surface area contributed by atoms with Crippen molar-refractivity contribution in [3.63, 3.8) is 0 Å². The highest BCUT2D eigenvalue weighted by molar-refractivity contribution is 7.15. The van der Waals surface area contributed by atoms with Crippen molar-refractivity contribution in [1.29, 1.82) is 0 Å². The van der Waals surface area contributed by atoms with Gasteiger partial charge in [-0.25, -0.2) is 4.98 Å². The van der Waals surface area contributed by atoms with Gasteiger partial charge in [-0.2, -0.15) is 0 Å². The van der Waals surface area contributed by atoms with Gasteiger partial charge in [0.05, 0.1) is 11.3 Å². The largest absolute Gasteiger partial charge is 0.298 e. The number of carbonyl (C=O) groups excluding carboxylic acids is 1. The number of nitrogens with one attached hydrogen (secondary N) is 1.